The fourth-order valence-corrected chi connectivity index (χ4v) is 5.60. The minimum Gasteiger partial charge on any atom is -0.494 e. The topological polar surface area (TPSA) is 95.9 Å². The summed E-state index contributed by atoms with van der Waals surface area (Å²) in [5.74, 6) is -2.58. The van der Waals surface area contributed by atoms with Crippen LogP contribution in [-0.4, -0.2) is 28.8 Å². The molecule has 0 fully saturated rings. The van der Waals surface area contributed by atoms with Gasteiger partial charge in [0.25, 0.3) is 0 Å². The lowest BCUT2D eigenvalue weighted by Crippen LogP contribution is -2.31. The van der Waals surface area contributed by atoms with Gasteiger partial charge in [-0.3, -0.25) is 0 Å². The van der Waals surface area contributed by atoms with E-state index in [1.807, 2.05) is 25.1 Å². The molecule has 0 amide bonds. The van der Waals surface area contributed by atoms with E-state index in [9.17, 15) is 19.8 Å². The van der Waals surface area contributed by atoms with Gasteiger partial charge in [-0.15, -0.1) is 0 Å². The Morgan fingerprint density at radius 3 is 1.68 bits per heavy atom. The van der Waals surface area contributed by atoms with Gasteiger partial charge in [0.05, 0.1) is 23.7 Å². The summed E-state index contributed by atoms with van der Waals surface area (Å²) in [4.78, 5) is 24.7. The Bertz CT molecular complexity index is 942. The minimum absolute atomic E-state index is 0.0618. The summed E-state index contributed by atoms with van der Waals surface area (Å²) in [5, 5.41) is 23.1. The molecule has 0 aliphatic carbocycles. The van der Waals surface area contributed by atoms with E-state index in [0.29, 0.717) is 29.3 Å². The predicted octanol–water partition coefficient (Wildman–Crippen LogP) is 8.12. The molecule has 0 radical (unpaired) electrons. The molecule has 2 rings (SSSR count). The first-order valence-corrected chi connectivity index (χ1v) is 14.7. The molecule has 1 aromatic rings. The van der Waals surface area contributed by atoms with Gasteiger partial charge < -0.3 is 20.3 Å². The van der Waals surface area contributed by atoms with Crippen LogP contribution in [0.25, 0.3) is 0 Å². The Labute approximate surface area is 229 Å². The van der Waals surface area contributed by atoms with Crippen molar-refractivity contribution in [1.82, 2.24) is 5.32 Å². The van der Waals surface area contributed by atoms with Gasteiger partial charge in [0, 0.05) is 17.0 Å². The number of rotatable bonds is 19. The van der Waals surface area contributed by atoms with Crippen LogP contribution in [0.1, 0.15) is 128 Å². The highest BCUT2D eigenvalue weighted by Gasteiger charge is 2.39. The van der Waals surface area contributed by atoms with Crippen LogP contribution in [0, 0.1) is 0 Å². The number of hydrogen-bond donors (Lipinski definition) is 3. The second-order valence-electron chi connectivity index (χ2n) is 10.5. The number of carboxylic acids is 2. The molecule has 0 saturated heterocycles. The fourth-order valence-electron chi connectivity index (χ4n) is 5.60. The molecular weight excluding hydrogens is 478 g/mol. The van der Waals surface area contributed by atoms with Crippen molar-refractivity contribution in [3.8, 4) is 5.75 Å². The van der Waals surface area contributed by atoms with Crippen molar-refractivity contribution in [2.75, 3.05) is 6.61 Å². The maximum absolute atomic E-state index is 12.3. The van der Waals surface area contributed by atoms with Crippen molar-refractivity contribution >= 4 is 11.9 Å². The van der Waals surface area contributed by atoms with E-state index in [4.69, 9.17) is 4.74 Å². The van der Waals surface area contributed by atoms with Gasteiger partial charge >= 0.3 is 11.9 Å². The lowest BCUT2D eigenvalue weighted by Gasteiger charge is -2.31. The second kappa shape index (κ2) is 17.0. The third kappa shape index (κ3) is 9.21. The summed E-state index contributed by atoms with van der Waals surface area (Å²) >= 11 is 0. The van der Waals surface area contributed by atoms with Crippen molar-refractivity contribution in [2.24, 2.45) is 0 Å². The predicted molar refractivity (Wildman–Crippen MR) is 154 cm³/mol. The number of carboxylic acid groups (broad SMARTS) is 2. The van der Waals surface area contributed by atoms with Crippen LogP contribution < -0.4 is 10.1 Å². The highest BCUT2D eigenvalue weighted by atomic mass is 16.5. The summed E-state index contributed by atoms with van der Waals surface area (Å²) in [5.41, 5.74) is 2.68. The molecule has 0 bridgehead atoms. The molecule has 1 aliphatic heterocycles. The normalized spacial score (nSPS) is 14.1. The van der Waals surface area contributed by atoms with Crippen molar-refractivity contribution in [2.45, 2.75) is 124 Å². The molecule has 1 aliphatic rings. The highest BCUT2D eigenvalue weighted by Crippen LogP contribution is 2.44. The third-order valence-corrected chi connectivity index (χ3v) is 7.52. The van der Waals surface area contributed by atoms with Gasteiger partial charge in [0.2, 0.25) is 0 Å². The first-order valence-electron chi connectivity index (χ1n) is 14.7. The summed E-state index contributed by atoms with van der Waals surface area (Å²) in [6.07, 6.45) is 17.4. The quantitative estimate of drug-likeness (QED) is 0.157. The lowest BCUT2D eigenvalue weighted by atomic mass is 9.77. The molecule has 0 unspecified atom stereocenters. The van der Waals surface area contributed by atoms with Gasteiger partial charge in [-0.25, -0.2) is 9.59 Å². The summed E-state index contributed by atoms with van der Waals surface area (Å²) in [6, 6.07) is 5.73. The average molecular weight is 528 g/mol. The van der Waals surface area contributed by atoms with E-state index >= 15 is 0 Å². The second-order valence-corrected chi connectivity index (χ2v) is 10.5. The van der Waals surface area contributed by atoms with E-state index in [2.05, 4.69) is 12.2 Å². The van der Waals surface area contributed by atoms with Crippen molar-refractivity contribution in [1.29, 1.82) is 0 Å². The number of allylic oxidation sites excluding steroid dienone is 2. The summed E-state index contributed by atoms with van der Waals surface area (Å²) in [7, 11) is 0. The molecule has 6 nitrogen and oxygen atoms in total. The average Bonchev–Trinajstić information content (AvgIpc) is 2.86. The van der Waals surface area contributed by atoms with Crippen molar-refractivity contribution in [3.05, 3.63) is 51.9 Å². The number of hydrogen-bond acceptors (Lipinski definition) is 4. The molecule has 6 heteroatoms. The van der Waals surface area contributed by atoms with E-state index in [-0.39, 0.29) is 11.1 Å². The van der Waals surface area contributed by atoms with E-state index < -0.39 is 17.9 Å². The van der Waals surface area contributed by atoms with Crippen molar-refractivity contribution in [3.63, 3.8) is 0 Å². The number of ether oxygens (including phenoxy) is 1. The molecule has 1 heterocycles. The Morgan fingerprint density at radius 2 is 1.24 bits per heavy atom. The first-order chi connectivity index (χ1) is 18.3. The van der Waals surface area contributed by atoms with Crippen LogP contribution >= 0.6 is 0 Å². The lowest BCUT2D eigenvalue weighted by molar-refractivity contribution is -0.133. The standard InChI is InChI=1S/C32H49NO5/c1-5-7-8-9-10-11-12-13-14-15-16-17-18-20-25-21-19-22-26(38-6-2)29(25)30-27(31(34)35)23(3)33-24(4)28(30)32(36)37/h19,21-22,30,33H,5-18,20H2,1-4H3,(H,34,35)(H,36,37). The zero-order valence-electron chi connectivity index (χ0n) is 24.0. The SMILES string of the molecule is CCCCCCCCCCCCCCCc1cccc(OCC)c1C1C(C(=O)O)=C(C)NC(C)=C1C(=O)O. The molecule has 0 aromatic heterocycles. The number of nitrogens with one attached hydrogen (secondary N) is 1. The number of aliphatic carboxylic acids is 2. The summed E-state index contributed by atoms with van der Waals surface area (Å²) < 4.78 is 5.92. The Morgan fingerprint density at radius 1 is 0.763 bits per heavy atom. The molecular formula is C32H49NO5. The number of dihydropyridines is 1. The van der Waals surface area contributed by atoms with E-state index in [1.54, 1.807) is 13.8 Å². The first kappa shape index (κ1) is 31.5. The van der Waals surface area contributed by atoms with Gasteiger partial charge in [-0.05, 0) is 45.2 Å². The zero-order valence-corrected chi connectivity index (χ0v) is 24.0. The van der Waals surface area contributed by atoms with Crippen molar-refractivity contribution < 1.29 is 24.5 Å². The van der Waals surface area contributed by atoms with Crippen LogP contribution in [0.4, 0.5) is 0 Å². The van der Waals surface area contributed by atoms with Crippen LogP contribution in [-0.2, 0) is 16.0 Å². The minimum atomic E-state index is -1.12. The Hall–Kier alpha value is -2.76. The third-order valence-electron chi connectivity index (χ3n) is 7.52. The maximum atomic E-state index is 12.3. The van der Waals surface area contributed by atoms with Crippen LogP contribution in [0.3, 0.4) is 0 Å². The van der Waals surface area contributed by atoms with Crippen LogP contribution in [0.2, 0.25) is 0 Å². The van der Waals surface area contributed by atoms with Gasteiger partial charge in [-0.2, -0.15) is 0 Å². The molecule has 3 N–H and O–H groups in total. The van der Waals surface area contributed by atoms with Gasteiger partial charge in [0.1, 0.15) is 5.75 Å². The number of benzene rings is 1. The molecule has 38 heavy (non-hydrogen) atoms. The van der Waals surface area contributed by atoms with Crippen LogP contribution in [0.15, 0.2) is 40.7 Å². The number of aryl methyl sites for hydroxylation is 1. The monoisotopic (exact) mass is 527 g/mol. The highest BCUT2D eigenvalue weighted by molar-refractivity contribution is 5.98. The largest absolute Gasteiger partial charge is 0.494 e. The molecule has 1 aromatic carbocycles. The maximum Gasteiger partial charge on any atom is 0.334 e. The van der Waals surface area contributed by atoms with E-state index in [1.165, 1.54) is 70.6 Å². The number of unbranched alkanes of at least 4 members (excludes halogenated alkanes) is 12. The molecule has 212 valence electrons. The molecule has 0 saturated carbocycles. The van der Waals surface area contributed by atoms with Gasteiger partial charge in [0.15, 0.2) is 0 Å². The fraction of sp³-hybridized carbons (Fsp3) is 0.625. The van der Waals surface area contributed by atoms with E-state index in [0.717, 1.165) is 24.8 Å². The molecule has 0 atom stereocenters. The Balaban J connectivity index is 2.04. The van der Waals surface area contributed by atoms with Gasteiger partial charge in [-0.1, -0.05) is 96.1 Å². The Kier molecular flexibility index (Phi) is 14.0. The summed E-state index contributed by atoms with van der Waals surface area (Å²) in [6.45, 7) is 7.92. The molecule has 0 spiro atoms. The van der Waals surface area contributed by atoms with Crippen LogP contribution in [0.5, 0.6) is 5.75 Å². The number of carbonyl (C=O) groups is 2. The smallest absolute Gasteiger partial charge is 0.334 e. The zero-order chi connectivity index (χ0) is 27.9.